The minimum atomic E-state index is -1.03. The van der Waals surface area contributed by atoms with Crippen LogP contribution in [0.5, 0.6) is 0 Å². The summed E-state index contributed by atoms with van der Waals surface area (Å²) in [6, 6.07) is 17.2. The van der Waals surface area contributed by atoms with Gasteiger partial charge in [0.25, 0.3) is 0 Å². The van der Waals surface area contributed by atoms with E-state index in [0.29, 0.717) is 28.1 Å². The lowest BCUT2D eigenvalue weighted by Gasteiger charge is -2.06. The van der Waals surface area contributed by atoms with E-state index in [2.05, 4.69) is 26.1 Å². The molecule has 0 fully saturated rings. The SMILES string of the molecule is N#Cc1cccc(-c2cc(C(C=NCc3ccccc3C(=O)O)=NN)nc(N)n2)c1. The van der Waals surface area contributed by atoms with Crippen molar-refractivity contribution in [2.24, 2.45) is 15.9 Å². The standard InChI is InChI=1S/C21H17N7O2/c22-10-13-4-3-6-14(8-13)17-9-18(27-21(23)26-17)19(28-24)12-25-11-15-5-1-2-7-16(15)20(29)30/h1-9,12H,11,24H2,(H,29,30)(H2,23,26,27). The van der Waals surface area contributed by atoms with Gasteiger partial charge in [-0.2, -0.15) is 10.4 Å². The van der Waals surface area contributed by atoms with Crippen LogP contribution in [-0.4, -0.2) is 33.0 Å². The zero-order chi connectivity index (χ0) is 21.5. The highest BCUT2D eigenvalue weighted by Crippen LogP contribution is 2.20. The molecule has 0 bridgehead atoms. The predicted octanol–water partition coefficient (Wildman–Crippen LogP) is 2.23. The molecule has 3 rings (SSSR count). The van der Waals surface area contributed by atoms with Gasteiger partial charge < -0.3 is 16.7 Å². The Labute approximate surface area is 172 Å². The molecule has 1 heterocycles. The maximum absolute atomic E-state index is 11.3. The molecular weight excluding hydrogens is 382 g/mol. The highest BCUT2D eigenvalue weighted by Gasteiger charge is 2.11. The Balaban J connectivity index is 1.89. The lowest BCUT2D eigenvalue weighted by Crippen LogP contribution is -2.12. The van der Waals surface area contributed by atoms with Gasteiger partial charge in [-0.3, -0.25) is 4.99 Å². The molecule has 3 aromatic rings. The Morgan fingerprint density at radius 1 is 1.17 bits per heavy atom. The molecule has 0 unspecified atom stereocenters. The second-order valence-corrected chi connectivity index (χ2v) is 6.14. The fraction of sp³-hybridized carbons (Fsp3) is 0.0476. The van der Waals surface area contributed by atoms with Gasteiger partial charge in [-0.25, -0.2) is 14.8 Å². The van der Waals surface area contributed by atoms with Crippen molar-refractivity contribution in [3.05, 3.63) is 77.0 Å². The molecule has 0 aliphatic rings. The number of carboxylic acids is 1. The molecule has 0 atom stereocenters. The van der Waals surface area contributed by atoms with E-state index < -0.39 is 5.97 Å². The van der Waals surface area contributed by atoms with Crippen LogP contribution in [0.15, 0.2) is 64.7 Å². The molecule has 30 heavy (non-hydrogen) atoms. The predicted molar refractivity (Wildman–Crippen MR) is 113 cm³/mol. The van der Waals surface area contributed by atoms with E-state index in [-0.39, 0.29) is 23.8 Å². The summed E-state index contributed by atoms with van der Waals surface area (Å²) in [4.78, 5) is 23.9. The first-order chi connectivity index (χ1) is 14.5. The molecule has 0 amide bonds. The summed E-state index contributed by atoms with van der Waals surface area (Å²) < 4.78 is 0. The van der Waals surface area contributed by atoms with Gasteiger partial charge in [0.15, 0.2) is 0 Å². The third-order valence-electron chi connectivity index (χ3n) is 4.16. The van der Waals surface area contributed by atoms with Crippen molar-refractivity contribution in [1.82, 2.24) is 9.97 Å². The highest BCUT2D eigenvalue weighted by atomic mass is 16.4. The monoisotopic (exact) mass is 399 g/mol. The Bertz CT molecular complexity index is 1200. The second-order valence-electron chi connectivity index (χ2n) is 6.14. The fourth-order valence-electron chi connectivity index (χ4n) is 2.76. The zero-order valence-electron chi connectivity index (χ0n) is 15.7. The summed E-state index contributed by atoms with van der Waals surface area (Å²) in [6.07, 6.45) is 1.40. The first kappa shape index (κ1) is 20.2. The smallest absolute Gasteiger partial charge is 0.336 e. The average Bonchev–Trinajstić information content (AvgIpc) is 2.76. The van der Waals surface area contributed by atoms with Crippen LogP contribution in [-0.2, 0) is 6.54 Å². The van der Waals surface area contributed by atoms with Crippen molar-refractivity contribution in [2.45, 2.75) is 6.54 Å². The first-order valence-corrected chi connectivity index (χ1v) is 8.76. The molecule has 9 nitrogen and oxygen atoms in total. The number of carboxylic acid groups (broad SMARTS) is 1. The van der Waals surface area contributed by atoms with Crippen LogP contribution < -0.4 is 11.6 Å². The molecule has 0 aliphatic heterocycles. The number of rotatable bonds is 6. The van der Waals surface area contributed by atoms with E-state index in [1.807, 2.05) is 0 Å². The molecule has 2 aromatic carbocycles. The van der Waals surface area contributed by atoms with Crippen molar-refractivity contribution in [3.8, 4) is 17.3 Å². The van der Waals surface area contributed by atoms with Gasteiger partial charge in [-0.1, -0.05) is 30.3 Å². The minimum Gasteiger partial charge on any atom is -0.478 e. The van der Waals surface area contributed by atoms with Crippen molar-refractivity contribution in [2.75, 3.05) is 5.73 Å². The Morgan fingerprint density at radius 2 is 1.97 bits per heavy atom. The third-order valence-corrected chi connectivity index (χ3v) is 4.16. The normalized spacial score (nSPS) is 11.4. The number of nitrogens with two attached hydrogens (primary N) is 2. The van der Waals surface area contributed by atoms with E-state index in [9.17, 15) is 9.90 Å². The van der Waals surface area contributed by atoms with Crippen LogP contribution in [0, 0.1) is 11.3 Å². The van der Waals surface area contributed by atoms with E-state index in [0.717, 1.165) is 0 Å². The maximum Gasteiger partial charge on any atom is 0.336 e. The number of anilines is 1. The van der Waals surface area contributed by atoms with Crippen LogP contribution in [0.25, 0.3) is 11.3 Å². The number of benzene rings is 2. The quantitative estimate of drug-likeness (QED) is 0.325. The van der Waals surface area contributed by atoms with Gasteiger partial charge in [0.1, 0.15) is 5.71 Å². The summed E-state index contributed by atoms with van der Waals surface area (Å²) in [5, 5.41) is 22.1. The summed E-state index contributed by atoms with van der Waals surface area (Å²) in [5.41, 5.74) is 8.83. The van der Waals surface area contributed by atoms with Crippen LogP contribution >= 0.6 is 0 Å². The Hall–Kier alpha value is -4.58. The molecule has 0 saturated heterocycles. The molecule has 0 spiro atoms. The molecule has 148 valence electrons. The number of nitrogens with zero attached hydrogens (tertiary/aromatic N) is 5. The van der Waals surface area contributed by atoms with Gasteiger partial charge in [0.05, 0.1) is 41.3 Å². The van der Waals surface area contributed by atoms with Gasteiger partial charge in [0, 0.05) is 5.56 Å². The molecule has 9 heteroatoms. The van der Waals surface area contributed by atoms with Gasteiger partial charge in [0.2, 0.25) is 5.95 Å². The lowest BCUT2D eigenvalue weighted by atomic mass is 10.1. The Morgan fingerprint density at radius 3 is 2.70 bits per heavy atom. The van der Waals surface area contributed by atoms with Crippen molar-refractivity contribution < 1.29 is 9.90 Å². The molecule has 1 aromatic heterocycles. The minimum absolute atomic E-state index is 0.00985. The molecule has 0 radical (unpaired) electrons. The maximum atomic E-state index is 11.3. The fourth-order valence-corrected chi connectivity index (χ4v) is 2.76. The van der Waals surface area contributed by atoms with Gasteiger partial charge in [-0.05, 0) is 29.8 Å². The number of aromatic carboxylic acids is 1. The molecular formula is C21H17N7O2. The molecule has 0 aliphatic carbocycles. The van der Waals surface area contributed by atoms with Crippen LogP contribution in [0.4, 0.5) is 5.95 Å². The summed E-state index contributed by atoms with van der Waals surface area (Å²) >= 11 is 0. The molecule has 0 saturated carbocycles. The summed E-state index contributed by atoms with van der Waals surface area (Å²) in [7, 11) is 0. The zero-order valence-corrected chi connectivity index (χ0v) is 15.7. The Kier molecular flexibility index (Phi) is 6.10. The number of hydrazone groups is 1. The number of nitriles is 1. The van der Waals surface area contributed by atoms with E-state index >= 15 is 0 Å². The lowest BCUT2D eigenvalue weighted by molar-refractivity contribution is 0.0695. The third kappa shape index (κ3) is 4.63. The van der Waals surface area contributed by atoms with E-state index in [1.165, 1.54) is 12.3 Å². The van der Waals surface area contributed by atoms with Crippen molar-refractivity contribution in [3.63, 3.8) is 0 Å². The number of carbonyl (C=O) groups is 1. The number of hydrogen-bond acceptors (Lipinski definition) is 8. The second kappa shape index (κ2) is 9.07. The first-order valence-electron chi connectivity index (χ1n) is 8.76. The topological polar surface area (TPSA) is 164 Å². The number of nitrogen functional groups attached to an aromatic ring is 1. The highest BCUT2D eigenvalue weighted by molar-refractivity contribution is 6.37. The summed E-state index contributed by atoms with van der Waals surface area (Å²) in [5.74, 6) is 4.49. The van der Waals surface area contributed by atoms with Crippen LogP contribution in [0.2, 0.25) is 0 Å². The van der Waals surface area contributed by atoms with Gasteiger partial charge in [-0.15, -0.1) is 0 Å². The largest absolute Gasteiger partial charge is 0.478 e. The van der Waals surface area contributed by atoms with E-state index in [4.69, 9.17) is 16.8 Å². The number of aliphatic imine (C=N–C) groups is 1. The number of aromatic nitrogens is 2. The van der Waals surface area contributed by atoms with Crippen molar-refractivity contribution in [1.29, 1.82) is 5.26 Å². The van der Waals surface area contributed by atoms with Gasteiger partial charge >= 0.3 is 5.97 Å². The van der Waals surface area contributed by atoms with E-state index in [1.54, 1.807) is 48.5 Å². The number of hydrogen-bond donors (Lipinski definition) is 3. The van der Waals surface area contributed by atoms with Crippen LogP contribution in [0.3, 0.4) is 0 Å². The van der Waals surface area contributed by atoms with Crippen molar-refractivity contribution >= 4 is 23.8 Å². The molecule has 5 N–H and O–H groups in total. The summed E-state index contributed by atoms with van der Waals surface area (Å²) in [6.45, 7) is 0.124. The average molecular weight is 399 g/mol. The van der Waals surface area contributed by atoms with Crippen LogP contribution in [0.1, 0.15) is 27.2 Å².